The predicted molar refractivity (Wildman–Crippen MR) is 209 cm³/mol. The molecule has 0 aliphatic carbocycles. The number of ether oxygens (including phenoxy) is 2. The smallest absolute Gasteiger partial charge is 0.338 e. The highest BCUT2D eigenvalue weighted by atomic mass is 16.5. The van der Waals surface area contributed by atoms with Crippen LogP contribution in [0.3, 0.4) is 0 Å². The summed E-state index contributed by atoms with van der Waals surface area (Å²) < 4.78 is 11.4. The van der Waals surface area contributed by atoms with E-state index in [2.05, 4.69) is 65.8 Å². The van der Waals surface area contributed by atoms with Crippen LogP contribution in [-0.4, -0.2) is 24.1 Å². The molecular formula is C46H58O4. The lowest BCUT2D eigenvalue weighted by atomic mass is 9.88. The SMILES string of the molecule is CCCCCC[C@H](C)OC(=O)c1ccc(-c2c(C)cc(-c3cc(C)c(-c4ccc(C(=O)O[C@@H](C)CCCCCC)cc4)c(C)c3)cc2C)cc1. The van der Waals surface area contributed by atoms with Gasteiger partial charge in [-0.05, 0) is 147 Å². The van der Waals surface area contributed by atoms with Gasteiger partial charge in [-0.3, -0.25) is 0 Å². The highest BCUT2D eigenvalue weighted by Gasteiger charge is 2.17. The van der Waals surface area contributed by atoms with Crippen molar-refractivity contribution in [3.05, 3.63) is 106 Å². The largest absolute Gasteiger partial charge is 0.459 e. The molecule has 0 spiro atoms. The molecule has 2 atom stereocenters. The molecule has 0 saturated carbocycles. The zero-order chi connectivity index (χ0) is 36.2. The van der Waals surface area contributed by atoms with Crippen LogP contribution in [0, 0.1) is 27.7 Å². The zero-order valence-electron chi connectivity index (χ0n) is 31.8. The van der Waals surface area contributed by atoms with Crippen LogP contribution in [0.25, 0.3) is 33.4 Å². The maximum Gasteiger partial charge on any atom is 0.338 e. The summed E-state index contributed by atoms with van der Waals surface area (Å²) in [6.07, 6.45) is 11.0. The third-order valence-corrected chi connectivity index (χ3v) is 9.76. The van der Waals surface area contributed by atoms with Crippen molar-refractivity contribution in [3.63, 3.8) is 0 Å². The molecule has 4 aromatic carbocycles. The average molecular weight is 675 g/mol. The lowest BCUT2D eigenvalue weighted by Crippen LogP contribution is -2.15. The van der Waals surface area contributed by atoms with E-state index in [1.807, 2.05) is 62.4 Å². The lowest BCUT2D eigenvalue weighted by molar-refractivity contribution is 0.0309. The monoisotopic (exact) mass is 674 g/mol. The van der Waals surface area contributed by atoms with Gasteiger partial charge in [0.05, 0.1) is 23.3 Å². The molecule has 0 unspecified atom stereocenters. The van der Waals surface area contributed by atoms with Crippen LogP contribution >= 0.6 is 0 Å². The van der Waals surface area contributed by atoms with Crippen molar-refractivity contribution in [3.8, 4) is 33.4 Å². The number of carbonyl (C=O) groups excluding carboxylic acids is 2. The molecule has 4 rings (SSSR count). The Kier molecular flexibility index (Phi) is 14.5. The fourth-order valence-electron chi connectivity index (χ4n) is 7.05. The molecule has 4 heteroatoms. The summed E-state index contributed by atoms with van der Waals surface area (Å²) in [4.78, 5) is 25.6. The number of aryl methyl sites for hydroxylation is 4. The molecule has 0 aromatic heterocycles. The van der Waals surface area contributed by atoms with E-state index in [1.165, 1.54) is 83.0 Å². The second kappa shape index (κ2) is 18.7. The predicted octanol–water partition coefficient (Wildman–Crippen LogP) is 13.0. The Balaban J connectivity index is 1.45. The first-order valence-electron chi connectivity index (χ1n) is 18.9. The van der Waals surface area contributed by atoms with Crippen LogP contribution in [0.1, 0.15) is 135 Å². The quantitative estimate of drug-likeness (QED) is 0.0826. The van der Waals surface area contributed by atoms with Gasteiger partial charge >= 0.3 is 11.9 Å². The Morgan fingerprint density at radius 2 is 0.800 bits per heavy atom. The fraction of sp³-hybridized carbons (Fsp3) is 0.435. The van der Waals surface area contributed by atoms with Crippen molar-refractivity contribution in [2.45, 2.75) is 132 Å². The summed E-state index contributed by atoms with van der Waals surface area (Å²) in [5.74, 6) is -0.511. The minimum Gasteiger partial charge on any atom is -0.459 e. The summed E-state index contributed by atoms with van der Waals surface area (Å²) >= 11 is 0. The number of esters is 2. The lowest BCUT2D eigenvalue weighted by Gasteiger charge is -2.17. The Morgan fingerprint density at radius 1 is 0.480 bits per heavy atom. The van der Waals surface area contributed by atoms with Crippen molar-refractivity contribution in [1.29, 1.82) is 0 Å². The topological polar surface area (TPSA) is 52.6 Å². The molecule has 0 amide bonds. The average Bonchev–Trinajstić information content (AvgIpc) is 3.08. The van der Waals surface area contributed by atoms with E-state index in [1.54, 1.807) is 0 Å². The summed E-state index contributed by atoms with van der Waals surface area (Å²) in [7, 11) is 0. The van der Waals surface area contributed by atoms with E-state index in [0.29, 0.717) is 11.1 Å². The molecule has 266 valence electrons. The second-order valence-corrected chi connectivity index (χ2v) is 14.3. The van der Waals surface area contributed by atoms with Gasteiger partial charge in [0.2, 0.25) is 0 Å². The maximum atomic E-state index is 12.8. The highest BCUT2D eigenvalue weighted by Crippen LogP contribution is 2.36. The van der Waals surface area contributed by atoms with Gasteiger partial charge in [-0.2, -0.15) is 0 Å². The number of hydrogen-bond donors (Lipinski definition) is 0. The Bertz CT molecular complexity index is 1540. The Labute approximate surface area is 301 Å². The zero-order valence-corrected chi connectivity index (χ0v) is 31.8. The molecule has 0 aliphatic heterocycles. The third-order valence-electron chi connectivity index (χ3n) is 9.76. The highest BCUT2D eigenvalue weighted by molar-refractivity contribution is 5.91. The molecule has 0 saturated heterocycles. The van der Waals surface area contributed by atoms with E-state index >= 15 is 0 Å². The first-order chi connectivity index (χ1) is 24.0. The van der Waals surface area contributed by atoms with E-state index in [0.717, 1.165) is 36.8 Å². The van der Waals surface area contributed by atoms with Crippen LogP contribution in [0.4, 0.5) is 0 Å². The number of rotatable bonds is 17. The van der Waals surface area contributed by atoms with Crippen LogP contribution in [-0.2, 0) is 9.47 Å². The van der Waals surface area contributed by atoms with Gasteiger partial charge < -0.3 is 9.47 Å². The second-order valence-electron chi connectivity index (χ2n) is 14.3. The van der Waals surface area contributed by atoms with Crippen molar-refractivity contribution in [2.24, 2.45) is 0 Å². The van der Waals surface area contributed by atoms with Gasteiger partial charge in [0.15, 0.2) is 0 Å². The van der Waals surface area contributed by atoms with E-state index in [9.17, 15) is 9.59 Å². The molecule has 50 heavy (non-hydrogen) atoms. The van der Waals surface area contributed by atoms with Crippen molar-refractivity contribution in [2.75, 3.05) is 0 Å². The van der Waals surface area contributed by atoms with Gasteiger partial charge in [-0.25, -0.2) is 9.59 Å². The summed E-state index contributed by atoms with van der Waals surface area (Å²) in [6, 6.07) is 24.7. The third kappa shape index (κ3) is 10.4. The van der Waals surface area contributed by atoms with E-state index in [-0.39, 0.29) is 24.1 Å². The maximum absolute atomic E-state index is 12.8. The normalized spacial score (nSPS) is 12.4. The molecule has 4 aromatic rings. The molecule has 0 bridgehead atoms. The number of unbranched alkanes of at least 4 members (excludes halogenated alkanes) is 6. The molecule has 0 heterocycles. The van der Waals surface area contributed by atoms with Crippen molar-refractivity contribution in [1.82, 2.24) is 0 Å². The van der Waals surface area contributed by atoms with Crippen LogP contribution in [0.15, 0.2) is 72.8 Å². The van der Waals surface area contributed by atoms with E-state index < -0.39 is 0 Å². The van der Waals surface area contributed by atoms with Crippen molar-refractivity contribution >= 4 is 11.9 Å². The van der Waals surface area contributed by atoms with Gasteiger partial charge in [-0.1, -0.05) is 101 Å². The Morgan fingerprint density at radius 3 is 1.10 bits per heavy atom. The van der Waals surface area contributed by atoms with Gasteiger partial charge in [-0.15, -0.1) is 0 Å². The van der Waals surface area contributed by atoms with Gasteiger partial charge in [0.25, 0.3) is 0 Å². The van der Waals surface area contributed by atoms with Crippen LogP contribution in [0.2, 0.25) is 0 Å². The molecule has 0 radical (unpaired) electrons. The number of carbonyl (C=O) groups is 2. The minimum atomic E-state index is -0.255. The summed E-state index contributed by atoms with van der Waals surface area (Å²) in [5.41, 5.74) is 12.8. The standard InChI is InChI=1S/C46H58O4/c1-9-11-13-15-17-35(7)49-45(47)39-23-19-37(20-24-39)43-31(3)27-41(28-32(43)4)42-29-33(5)44(34(6)30-42)38-21-25-40(26-22-38)46(48)50-36(8)18-16-14-12-10-2/h19-30,35-36H,9-18H2,1-8H3/t35-,36-/m0/s1. The molecule has 0 aliphatic rings. The summed E-state index contributed by atoms with van der Waals surface area (Å²) in [5, 5.41) is 0. The summed E-state index contributed by atoms with van der Waals surface area (Å²) in [6.45, 7) is 17.0. The number of benzene rings is 4. The minimum absolute atomic E-state index is 0.0766. The molecular weight excluding hydrogens is 617 g/mol. The first-order valence-corrected chi connectivity index (χ1v) is 18.9. The van der Waals surface area contributed by atoms with Crippen molar-refractivity contribution < 1.29 is 19.1 Å². The fourth-order valence-corrected chi connectivity index (χ4v) is 7.05. The Hall–Kier alpha value is -4.18. The first kappa shape index (κ1) is 38.6. The van der Waals surface area contributed by atoms with Gasteiger partial charge in [0.1, 0.15) is 0 Å². The van der Waals surface area contributed by atoms with Crippen LogP contribution < -0.4 is 0 Å². The van der Waals surface area contributed by atoms with E-state index in [4.69, 9.17) is 9.47 Å². The molecule has 4 nitrogen and oxygen atoms in total. The van der Waals surface area contributed by atoms with Gasteiger partial charge in [0, 0.05) is 0 Å². The number of hydrogen-bond acceptors (Lipinski definition) is 4. The van der Waals surface area contributed by atoms with Crippen LogP contribution in [0.5, 0.6) is 0 Å². The molecule has 0 fully saturated rings. The molecule has 0 N–H and O–H groups in total.